The Morgan fingerprint density at radius 3 is 2.77 bits per heavy atom. The number of hydrogen-bond donors (Lipinski definition) is 1. The van der Waals surface area contributed by atoms with Crippen LogP contribution in [-0.2, 0) is 11.3 Å². The van der Waals surface area contributed by atoms with Crippen molar-refractivity contribution in [2.45, 2.75) is 57.3 Å². The Balaban J connectivity index is 1.71. The number of nitrogens with zero attached hydrogens (tertiary/aromatic N) is 3. The van der Waals surface area contributed by atoms with E-state index in [2.05, 4.69) is 22.4 Å². The number of carbonyl (C=O) groups excluding carboxylic acids is 1. The maximum absolute atomic E-state index is 12.2. The SMILES string of the molecule is CCOc1ccccc1-c1nnc(SCC(=O)NC2CCCC2)n1CC. The maximum Gasteiger partial charge on any atom is 0.230 e. The zero-order valence-corrected chi connectivity index (χ0v) is 16.2. The second-order valence-corrected chi connectivity index (χ2v) is 7.26. The fourth-order valence-corrected chi connectivity index (χ4v) is 4.10. The molecule has 1 aromatic carbocycles. The van der Waals surface area contributed by atoms with Crippen LogP contribution < -0.4 is 10.1 Å². The lowest BCUT2D eigenvalue weighted by Gasteiger charge is -2.12. The molecule has 0 aliphatic heterocycles. The second-order valence-electron chi connectivity index (χ2n) is 6.32. The number of thioether (sulfide) groups is 1. The number of rotatable bonds is 8. The summed E-state index contributed by atoms with van der Waals surface area (Å²) in [7, 11) is 0. The first-order chi connectivity index (χ1) is 12.7. The summed E-state index contributed by atoms with van der Waals surface area (Å²) in [5.41, 5.74) is 0.922. The summed E-state index contributed by atoms with van der Waals surface area (Å²) < 4.78 is 7.75. The Hall–Kier alpha value is -2.02. The minimum atomic E-state index is 0.0730. The van der Waals surface area contributed by atoms with E-state index in [1.54, 1.807) is 0 Å². The molecule has 26 heavy (non-hydrogen) atoms. The van der Waals surface area contributed by atoms with Crippen molar-refractivity contribution in [1.82, 2.24) is 20.1 Å². The fraction of sp³-hybridized carbons (Fsp3) is 0.526. The molecule has 1 N–H and O–H groups in total. The van der Waals surface area contributed by atoms with Gasteiger partial charge in [0.05, 0.1) is 17.9 Å². The molecule has 1 saturated carbocycles. The monoisotopic (exact) mass is 374 g/mol. The molecule has 1 aliphatic carbocycles. The third-order valence-corrected chi connectivity index (χ3v) is 5.48. The van der Waals surface area contributed by atoms with Crippen molar-refractivity contribution in [3.05, 3.63) is 24.3 Å². The van der Waals surface area contributed by atoms with E-state index in [4.69, 9.17) is 4.74 Å². The Labute approximate surface area is 158 Å². The van der Waals surface area contributed by atoms with E-state index in [0.717, 1.165) is 41.7 Å². The summed E-state index contributed by atoms with van der Waals surface area (Å²) in [5.74, 6) is 2.01. The van der Waals surface area contributed by atoms with Gasteiger partial charge in [0, 0.05) is 12.6 Å². The van der Waals surface area contributed by atoms with Gasteiger partial charge < -0.3 is 14.6 Å². The van der Waals surface area contributed by atoms with E-state index >= 15 is 0 Å². The highest BCUT2D eigenvalue weighted by atomic mass is 32.2. The van der Waals surface area contributed by atoms with E-state index in [0.29, 0.717) is 18.4 Å². The Bertz CT molecular complexity index is 741. The van der Waals surface area contributed by atoms with E-state index in [9.17, 15) is 4.79 Å². The van der Waals surface area contributed by atoms with Gasteiger partial charge in [0.1, 0.15) is 5.75 Å². The molecular formula is C19H26N4O2S. The Morgan fingerprint density at radius 1 is 1.27 bits per heavy atom. The predicted octanol–water partition coefficient (Wildman–Crippen LogP) is 3.51. The fourth-order valence-electron chi connectivity index (χ4n) is 3.28. The van der Waals surface area contributed by atoms with Crippen LogP contribution in [0.2, 0.25) is 0 Å². The van der Waals surface area contributed by atoms with Crippen LogP contribution in [0.4, 0.5) is 0 Å². The zero-order chi connectivity index (χ0) is 18.4. The maximum atomic E-state index is 12.2. The Morgan fingerprint density at radius 2 is 2.04 bits per heavy atom. The molecule has 0 spiro atoms. The number of amides is 1. The lowest BCUT2D eigenvalue weighted by molar-refractivity contribution is -0.119. The van der Waals surface area contributed by atoms with Gasteiger partial charge in [-0.25, -0.2) is 0 Å². The molecule has 7 heteroatoms. The van der Waals surface area contributed by atoms with Crippen molar-refractivity contribution < 1.29 is 9.53 Å². The normalized spacial score (nSPS) is 14.5. The van der Waals surface area contributed by atoms with Gasteiger partial charge in [-0.3, -0.25) is 4.79 Å². The lowest BCUT2D eigenvalue weighted by atomic mass is 10.2. The summed E-state index contributed by atoms with van der Waals surface area (Å²) in [6.45, 7) is 5.35. The molecule has 1 fully saturated rings. The van der Waals surface area contributed by atoms with Crippen LogP contribution in [-0.4, -0.2) is 39.1 Å². The third kappa shape index (κ3) is 4.38. The van der Waals surface area contributed by atoms with Gasteiger partial charge in [0.15, 0.2) is 11.0 Å². The predicted molar refractivity (Wildman–Crippen MR) is 103 cm³/mol. The van der Waals surface area contributed by atoms with Gasteiger partial charge in [0.25, 0.3) is 0 Å². The molecule has 1 aliphatic rings. The number of carbonyl (C=O) groups is 1. The van der Waals surface area contributed by atoms with Crippen LogP contribution in [0.25, 0.3) is 11.4 Å². The van der Waals surface area contributed by atoms with E-state index < -0.39 is 0 Å². The van der Waals surface area contributed by atoms with Crippen LogP contribution >= 0.6 is 11.8 Å². The highest BCUT2D eigenvalue weighted by molar-refractivity contribution is 7.99. The summed E-state index contributed by atoms with van der Waals surface area (Å²) in [5, 5.41) is 12.5. The molecule has 3 rings (SSSR count). The molecule has 1 heterocycles. The highest BCUT2D eigenvalue weighted by Gasteiger charge is 2.20. The smallest absolute Gasteiger partial charge is 0.230 e. The second kappa shape index (κ2) is 9.07. The van der Waals surface area contributed by atoms with Gasteiger partial charge in [-0.05, 0) is 38.8 Å². The number of aromatic nitrogens is 3. The van der Waals surface area contributed by atoms with Gasteiger partial charge in [-0.1, -0.05) is 36.7 Å². The van der Waals surface area contributed by atoms with Gasteiger partial charge in [0.2, 0.25) is 5.91 Å². The van der Waals surface area contributed by atoms with Crippen molar-refractivity contribution >= 4 is 17.7 Å². The molecule has 6 nitrogen and oxygen atoms in total. The third-order valence-electron chi connectivity index (χ3n) is 4.51. The number of hydrogen-bond acceptors (Lipinski definition) is 5. The van der Waals surface area contributed by atoms with Crippen molar-refractivity contribution in [2.24, 2.45) is 0 Å². The van der Waals surface area contributed by atoms with Crippen molar-refractivity contribution in [2.75, 3.05) is 12.4 Å². The van der Waals surface area contributed by atoms with E-state index in [1.807, 2.05) is 35.8 Å². The summed E-state index contributed by atoms with van der Waals surface area (Å²) >= 11 is 1.43. The van der Waals surface area contributed by atoms with Gasteiger partial charge in [-0.2, -0.15) is 0 Å². The van der Waals surface area contributed by atoms with Crippen LogP contribution in [0.3, 0.4) is 0 Å². The first kappa shape index (κ1) is 18.8. The molecular weight excluding hydrogens is 348 g/mol. The molecule has 1 aromatic heterocycles. The summed E-state index contributed by atoms with van der Waals surface area (Å²) in [6, 6.07) is 8.19. The average molecular weight is 375 g/mol. The average Bonchev–Trinajstić information content (AvgIpc) is 3.30. The Kier molecular flexibility index (Phi) is 6.55. The largest absolute Gasteiger partial charge is 0.493 e. The zero-order valence-electron chi connectivity index (χ0n) is 15.4. The standard InChI is InChI=1S/C19H26N4O2S/c1-3-23-18(15-11-7-8-12-16(15)25-4-2)21-22-19(23)26-13-17(24)20-14-9-5-6-10-14/h7-8,11-12,14H,3-6,9-10,13H2,1-2H3,(H,20,24). The number of para-hydroxylation sites is 1. The molecule has 0 radical (unpaired) electrons. The van der Waals surface area contributed by atoms with Crippen LogP contribution in [0.1, 0.15) is 39.5 Å². The van der Waals surface area contributed by atoms with Crippen molar-refractivity contribution in [3.63, 3.8) is 0 Å². The quantitative estimate of drug-likeness (QED) is 0.716. The lowest BCUT2D eigenvalue weighted by Crippen LogP contribution is -2.33. The van der Waals surface area contributed by atoms with Crippen LogP contribution in [0, 0.1) is 0 Å². The van der Waals surface area contributed by atoms with E-state index in [-0.39, 0.29) is 5.91 Å². The number of nitrogens with one attached hydrogen (secondary N) is 1. The molecule has 0 saturated heterocycles. The first-order valence-corrected chi connectivity index (χ1v) is 10.3. The molecule has 2 aromatic rings. The van der Waals surface area contributed by atoms with Crippen LogP contribution in [0.5, 0.6) is 5.75 Å². The molecule has 1 amide bonds. The van der Waals surface area contributed by atoms with Gasteiger partial charge >= 0.3 is 0 Å². The molecule has 140 valence electrons. The number of ether oxygens (including phenoxy) is 1. The van der Waals surface area contributed by atoms with Crippen molar-refractivity contribution in [3.8, 4) is 17.1 Å². The van der Waals surface area contributed by atoms with Crippen molar-refractivity contribution in [1.29, 1.82) is 0 Å². The molecule has 0 atom stereocenters. The minimum absolute atomic E-state index is 0.0730. The van der Waals surface area contributed by atoms with Gasteiger partial charge in [-0.15, -0.1) is 10.2 Å². The van der Waals surface area contributed by atoms with Crippen LogP contribution in [0.15, 0.2) is 29.4 Å². The summed E-state index contributed by atoms with van der Waals surface area (Å²) in [6.07, 6.45) is 4.62. The van der Waals surface area contributed by atoms with E-state index in [1.165, 1.54) is 24.6 Å². The topological polar surface area (TPSA) is 69.0 Å². The molecule has 0 unspecified atom stereocenters. The first-order valence-electron chi connectivity index (χ1n) is 9.30. The highest BCUT2D eigenvalue weighted by Crippen LogP contribution is 2.31. The number of benzene rings is 1. The minimum Gasteiger partial charge on any atom is -0.493 e. The molecule has 0 bridgehead atoms. The summed E-state index contributed by atoms with van der Waals surface area (Å²) in [4.78, 5) is 12.2.